The lowest BCUT2D eigenvalue weighted by atomic mass is 9.96. The molecule has 0 aliphatic heterocycles. The highest BCUT2D eigenvalue weighted by atomic mass is 15.4. The van der Waals surface area contributed by atoms with Crippen molar-refractivity contribution in [3.05, 3.63) is 53.9 Å². The molecule has 5 heteroatoms. The molecular formula is C17H19N5. The first-order chi connectivity index (χ1) is 10.7. The molecule has 112 valence electrons. The summed E-state index contributed by atoms with van der Waals surface area (Å²) in [6, 6.07) is 14.7. The van der Waals surface area contributed by atoms with Gasteiger partial charge in [0, 0.05) is 6.54 Å². The van der Waals surface area contributed by atoms with E-state index in [9.17, 15) is 0 Å². The Morgan fingerprint density at radius 2 is 1.91 bits per heavy atom. The highest BCUT2D eigenvalue weighted by molar-refractivity contribution is 5.44. The van der Waals surface area contributed by atoms with Crippen LogP contribution in [0.4, 0.5) is 5.82 Å². The van der Waals surface area contributed by atoms with Crippen LogP contribution in [0.1, 0.15) is 24.2 Å². The Morgan fingerprint density at radius 3 is 2.68 bits per heavy atom. The van der Waals surface area contributed by atoms with E-state index in [-0.39, 0.29) is 0 Å². The van der Waals surface area contributed by atoms with Gasteiger partial charge in [0.25, 0.3) is 0 Å². The summed E-state index contributed by atoms with van der Waals surface area (Å²) in [7, 11) is 0. The van der Waals surface area contributed by atoms with Gasteiger partial charge in [-0.15, -0.1) is 15.3 Å². The summed E-state index contributed by atoms with van der Waals surface area (Å²) in [5.41, 5.74) is 2.59. The van der Waals surface area contributed by atoms with E-state index in [1.165, 1.54) is 18.4 Å². The number of benzene rings is 1. The Morgan fingerprint density at radius 1 is 1.09 bits per heavy atom. The van der Waals surface area contributed by atoms with Gasteiger partial charge in [0.2, 0.25) is 0 Å². The molecule has 22 heavy (non-hydrogen) atoms. The molecule has 3 aromatic rings. The third-order valence-electron chi connectivity index (χ3n) is 4.44. The van der Waals surface area contributed by atoms with Crippen LogP contribution in [0, 0.1) is 12.3 Å². The molecule has 0 atom stereocenters. The van der Waals surface area contributed by atoms with E-state index in [2.05, 4.69) is 50.9 Å². The lowest BCUT2D eigenvalue weighted by Gasteiger charge is -2.16. The predicted molar refractivity (Wildman–Crippen MR) is 85.8 cm³/mol. The summed E-state index contributed by atoms with van der Waals surface area (Å²) in [4.78, 5) is 0. The molecule has 0 bridgehead atoms. The zero-order valence-corrected chi connectivity index (χ0v) is 12.7. The number of hydrogen-bond acceptors (Lipinski definition) is 4. The lowest BCUT2D eigenvalue weighted by Crippen LogP contribution is -2.19. The normalized spacial score (nSPS) is 15.9. The van der Waals surface area contributed by atoms with Crippen LogP contribution >= 0.6 is 0 Å². The highest BCUT2D eigenvalue weighted by Gasteiger charge is 2.42. The van der Waals surface area contributed by atoms with Gasteiger partial charge >= 0.3 is 0 Å². The third kappa shape index (κ3) is 2.54. The maximum atomic E-state index is 4.55. The predicted octanol–water partition coefficient (Wildman–Crippen LogP) is 2.87. The van der Waals surface area contributed by atoms with Crippen LogP contribution in [0.15, 0.2) is 42.5 Å². The summed E-state index contributed by atoms with van der Waals surface area (Å²) >= 11 is 0. The van der Waals surface area contributed by atoms with Gasteiger partial charge in [-0.3, -0.25) is 0 Å². The Hall–Kier alpha value is -2.43. The van der Waals surface area contributed by atoms with Gasteiger partial charge in [0.15, 0.2) is 11.5 Å². The number of hydrogen-bond donors (Lipinski definition) is 1. The molecule has 2 aromatic heterocycles. The van der Waals surface area contributed by atoms with E-state index in [0.29, 0.717) is 5.41 Å². The van der Waals surface area contributed by atoms with Crippen molar-refractivity contribution in [2.24, 2.45) is 5.41 Å². The maximum Gasteiger partial charge on any atom is 0.178 e. The molecular weight excluding hydrogens is 274 g/mol. The van der Waals surface area contributed by atoms with E-state index in [0.717, 1.165) is 30.3 Å². The van der Waals surface area contributed by atoms with Crippen LogP contribution in [0.25, 0.3) is 5.65 Å². The lowest BCUT2D eigenvalue weighted by molar-refractivity contribution is 0.537. The first-order valence-corrected chi connectivity index (χ1v) is 7.71. The van der Waals surface area contributed by atoms with Gasteiger partial charge in [-0.2, -0.15) is 4.52 Å². The second kappa shape index (κ2) is 5.09. The minimum atomic E-state index is 0.389. The quantitative estimate of drug-likeness (QED) is 0.786. The van der Waals surface area contributed by atoms with Crippen LogP contribution in [0.5, 0.6) is 0 Å². The summed E-state index contributed by atoms with van der Waals surface area (Å²) < 4.78 is 1.78. The van der Waals surface area contributed by atoms with Crippen molar-refractivity contribution in [2.45, 2.75) is 26.2 Å². The Bertz CT molecular complexity index is 789. The molecule has 4 rings (SSSR count). The average molecular weight is 293 g/mol. The van der Waals surface area contributed by atoms with Crippen molar-refractivity contribution in [2.75, 3.05) is 11.9 Å². The summed E-state index contributed by atoms with van der Waals surface area (Å²) in [5, 5.41) is 16.1. The zero-order chi connectivity index (χ0) is 15.0. The van der Waals surface area contributed by atoms with Crippen molar-refractivity contribution < 1.29 is 0 Å². The monoisotopic (exact) mass is 293 g/mol. The minimum Gasteiger partial charge on any atom is -0.368 e. The van der Waals surface area contributed by atoms with Crippen LogP contribution in [0.2, 0.25) is 0 Å². The fourth-order valence-electron chi connectivity index (χ4n) is 2.89. The second-order valence-electron chi connectivity index (χ2n) is 6.25. The number of nitrogens with zero attached hydrogens (tertiary/aromatic N) is 4. The number of nitrogens with one attached hydrogen (secondary N) is 1. The highest BCUT2D eigenvalue weighted by Crippen LogP contribution is 2.48. The van der Waals surface area contributed by atoms with Crippen LogP contribution in [0.3, 0.4) is 0 Å². The first-order valence-electron chi connectivity index (χ1n) is 7.71. The summed E-state index contributed by atoms with van der Waals surface area (Å²) in [6.07, 6.45) is 3.69. The zero-order valence-electron chi connectivity index (χ0n) is 12.7. The largest absolute Gasteiger partial charge is 0.368 e. The number of fused-ring (bicyclic) bond motifs is 1. The molecule has 1 saturated carbocycles. The van der Waals surface area contributed by atoms with Gasteiger partial charge in [0.1, 0.15) is 5.82 Å². The molecule has 1 aliphatic carbocycles. The molecule has 0 radical (unpaired) electrons. The summed E-state index contributed by atoms with van der Waals surface area (Å²) in [5.74, 6) is 1.69. The first kappa shape index (κ1) is 13.2. The maximum absolute atomic E-state index is 4.55. The molecule has 0 spiro atoms. The van der Waals surface area contributed by atoms with Gasteiger partial charge in [-0.05, 0) is 49.3 Å². The third-order valence-corrected chi connectivity index (χ3v) is 4.44. The number of anilines is 1. The van der Waals surface area contributed by atoms with E-state index in [4.69, 9.17) is 0 Å². The van der Waals surface area contributed by atoms with Crippen LogP contribution < -0.4 is 5.32 Å². The smallest absolute Gasteiger partial charge is 0.178 e. The molecule has 1 aliphatic rings. The van der Waals surface area contributed by atoms with Gasteiger partial charge in [-0.25, -0.2) is 0 Å². The van der Waals surface area contributed by atoms with Gasteiger partial charge in [0.05, 0.1) is 0 Å². The average Bonchev–Trinajstić information content (AvgIpc) is 3.22. The number of rotatable bonds is 5. The molecule has 0 unspecified atom stereocenters. The van der Waals surface area contributed by atoms with E-state index < -0.39 is 0 Å². The van der Waals surface area contributed by atoms with Crippen molar-refractivity contribution in [3.8, 4) is 0 Å². The molecule has 1 fully saturated rings. The SMILES string of the molecule is Cc1nnc2ccc(NCC3(Cc4ccccc4)CC3)nn12. The fraction of sp³-hybridized carbons (Fsp3) is 0.353. The fourth-order valence-corrected chi connectivity index (χ4v) is 2.89. The Labute approximate surface area is 129 Å². The van der Waals surface area contributed by atoms with Crippen LogP contribution in [-0.4, -0.2) is 26.4 Å². The van der Waals surface area contributed by atoms with Gasteiger partial charge < -0.3 is 5.32 Å². The van der Waals surface area contributed by atoms with E-state index in [1.54, 1.807) is 4.52 Å². The van der Waals surface area contributed by atoms with E-state index in [1.807, 2.05) is 19.1 Å². The Balaban J connectivity index is 1.46. The van der Waals surface area contributed by atoms with Crippen molar-refractivity contribution in [1.29, 1.82) is 0 Å². The van der Waals surface area contributed by atoms with Crippen molar-refractivity contribution in [3.63, 3.8) is 0 Å². The van der Waals surface area contributed by atoms with Crippen molar-refractivity contribution >= 4 is 11.5 Å². The summed E-state index contributed by atoms with van der Waals surface area (Å²) in [6.45, 7) is 2.87. The van der Waals surface area contributed by atoms with Crippen LogP contribution in [-0.2, 0) is 6.42 Å². The molecule has 1 N–H and O–H groups in total. The van der Waals surface area contributed by atoms with Gasteiger partial charge in [-0.1, -0.05) is 30.3 Å². The molecule has 0 saturated heterocycles. The topological polar surface area (TPSA) is 55.1 Å². The number of aromatic nitrogens is 4. The molecule has 2 heterocycles. The molecule has 5 nitrogen and oxygen atoms in total. The molecule has 1 aromatic carbocycles. The Kier molecular flexibility index (Phi) is 3.06. The van der Waals surface area contributed by atoms with E-state index >= 15 is 0 Å². The standard InChI is InChI=1S/C17H19N5/c1-13-19-20-16-8-7-15(21-22(13)16)18-12-17(9-10-17)11-14-5-3-2-4-6-14/h2-8H,9-12H2,1H3,(H,18,21). The molecule has 0 amide bonds. The van der Waals surface area contributed by atoms with Crippen molar-refractivity contribution in [1.82, 2.24) is 19.8 Å². The minimum absolute atomic E-state index is 0.389. The number of aryl methyl sites for hydroxylation is 1. The second-order valence-corrected chi connectivity index (χ2v) is 6.25.